The van der Waals surface area contributed by atoms with E-state index in [1.807, 2.05) is 36.4 Å². The van der Waals surface area contributed by atoms with Gasteiger partial charge < -0.3 is 27.2 Å². The molecule has 4 atom stereocenters. The van der Waals surface area contributed by atoms with Crippen LogP contribution in [-0.2, 0) is 26.9 Å². The summed E-state index contributed by atoms with van der Waals surface area (Å²) in [6.07, 6.45) is -2.40. The van der Waals surface area contributed by atoms with Crippen molar-refractivity contribution in [3.63, 3.8) is 0 Å². The zero-order valence-electron chi connectivity index (χ0n) is 30.2. The van der Waals surface area contributed by atoms with Crippen LogP contribution >= 0.6 is 0 Å². The molecule has 13 nitrogen and oxygen atoms in total. The minimum Gasteiger partial charge on any atom is -0.416 e. The van der Waals surface area contributed by atoms with Crippen molar-refractivity contribution >= 4 is 48.5 Å². The molecule has 0 aliphatic carbocycles. The standard InChI is InChI=1S/C34H49N5O8Si3/c1-22(2)31(41)37-34-36-30-26(32(42)38-34)35-21-39(30)33-28(43-3)27(40)25(45-33)20-44-50(46-48(4,5)6,47-49(7,8)9)29(23-16-12-10-13-17-23)24-18-14-11-15-19-24/h10-19,21-22,25,27-29,33,40H,20H2,1-9H3,(H2,36,37,38,41,42)/t25-,27+,28?,33-/m1/s1. The van der Waals surface area contributed by atoms with Gasteiger partial charge in [-0.15, -0.1) is 0 Å². The smallest absolute Gasteiger partial charge is 0.416 e. The fourth-order valence-corrected chi connectivity index (χ4v) is 16.5. The molecule has 0 radical (unpaired) electrons. The second-order valence-corrected chi connectivity index (χ2v) is 26.9. The number of aromatic nitrogens is 4. The first kappa shape index (κ1) is 37.9. The van der Waals surface area contributed by atoms with Crippen molar-refractivity contribution < 1.29 is 32.0 Å². The number of methoxy groups -OCH3 is 1. The Morgan fingerprint density at radius 1 is 0.980 bits per heavy atom. The Bertz CT molecular complexity index is 1760. The molecular formula is C34H49N5O8Si3. The largest absolute Gasteiger partial charge is 0.492 e. The van der Waals surface area contributed by atoms with Crippen LogP contribution in [0.4, 0.5) is 5.95 Å². The predicted molar refractivity (Wildman–Crippen MR) is 198 cm³/mol. The lowest BCUT2D eigenvalue weighted by molar-refractivity contribution is -0.118. The van der Waals surface area contributed by atoms with E-state index in [9.17, 15) is 14.7 Å². The zero-order valence-corrected chi connectivity index (χ0v) is 33.2. The third-order valence-corrected chi connectivity index (χ3v) is 17.1. The number of aromatic amines is 1. The summed E-state index contributed by atoms with van der Waals surface area (Å²) in [6, 6.07) is 20.2. The minimum absolute atomic E-state index is 0.0222. The first-order valence-electron chi connectivity index (χ1n) is 16.8. The average Bonchev–Trinajstić information content (AvgIpc) is 3.59. The highest BCUT2D eigenvalue weighted by Gasteiger charge is 2.57. The molecule has 1 aliphatic heterocycles. The lowest BCUT2D eigenvalue weighted by Gasteiger charge is -2.44. The molecule has 1 aliphatic rings. The Morgan fingerprint density at radius 3 is 2.04 bits per heavy atom. The van der Waals surface area contributed by atoms with Crippen molar-refractivity contribution in [2.75, 3.05) is 19.0 Å². The Labute approximate surface area is 295 Å². The van der Waals surface area contributed by atoms with Crippen LogP contribution in [0.3, 0.4) is 0 Å². The summed E-state index contributed by atoms with van der Waals surface area (Å²) in [6.45, 7) is 16.1. The summed E-state index contributed by atoms with van der Waals surface area (Å²) >= 11 is 0. The highest BCUT2D eigenvalue weighted by molar-refractivity contribution is 6.86. The molecule has 3 heterocycles. The van der Waals surface area contributed by atoms with Crippen LogP contribution in [0.25, 0.3) is 11.2 Å². The Balaban J connectivity index is 1.54. The van der Waals surface area contributed by atoms with Gasteiger partial charge in [-0.2, -0.15) is 4.98 Å². The minimum atomic E-state index is -3.70. The maximum Gasteiger partial charge on any atom is 0.492 e. The fourth-order valence-electron chi connectivity index (χ4n) is 5.99. The van der Waals surface area contributed by atoms with Crippen molar-refractivity contribution in [1.82, 2.24) is 19.5 Å². The molecule has 1 unspecified atom stereocenters. The summed E-state index contributed by atoms with van der Waals surface area (Å²) in [7, 11) is -6.89. The number of rotatable bonds is 14. The van der Waals surface area contributed by atoms with E-state index >= 15 is 0 Å². The van der Waals surface area contributed by atoms with E-state index in [2.05, 4.69) is 83.8 Å². The molecule has 2 aromatic heterocycles. The van der Waals surface area contributed by atoms with Gasteiger partial charge >= 0.3 is 8.80 Å². The monoisotopic (exact) mass is 739 g/mol. The van der Waals surface area contributed by atoms with Gasteiger partial charge in [-0.05, 0) is 50.4 Å². The van der Waals surface area contributed by atoms with E-state index in [4.69, 9.17) is 22.1 Å². The second-order valence-electron chi connectivity index (χ2n) is 14.7. The summed E-state index contributed by atoms with van der Waals surface area (Å²) in [5.74, 6) is -0.663. The molecule has 16 heteroatoms. The number of amides is 1. The number of ether oxygens (including phenoxy) is 2. The number of imidazole rings is 1. The van der Waals surface area contributed by atoms with E-state index in [0.717, 1.165) is 11.1 Å². The quantitative estimate of drug-likeness (QED) is 0.150. The summed E-state index contributed by atoms with van der Waals surface area (Å²) in [5.41, 5.74) is 1.33. The van der Waals surface area contributed by atoms with Gasteiger partial charge in [0.05, 0.1) is 18.5 Å². The summed E-state index contributed by atoms with van der Waals surface area (Å²) in [4.78, 5) is 36.6. The van der Waals surface area contributed by atoms with E-state index in [1.54, 1.807) is 13.8 Å². The van der Waals surface area contributed by atoms with Crippen LogP contribution in [0.5, 0.6) is 0 Å². The van der Waals surface area contributed by atoms with Gasteiger partial charge in [0.15, 0.2) is 34.0 Å². The first-order valence-corrected chi connectivity index (χ1v) is 25.4. The number of hydrogen-bond donors (Lipinski definition) is 3. The van der Waals surface area contributed by atoms with Crippen LogP contribution in [0.15, 0.2) is 71.8 Å². The molecule has 1 saturated heterocycles. The predicted octanol–water partition coefficient (Wildman–Crippen LogP) is 5.02. The van der Waals surface area contributed by atoms with E-state index in [0.29, 0.717) is 0 Å². The van der Waals surface area contributed by atoms with Gasteiger partial charge in [0.1, 0.15) is 18.3 Å². The number of nitrogens with one attached hydrogen (secondary N) is 2. The third-order valence-electron chi connectivity index (χ3n) is 8.02. The maximum atomic E-state index is 12.9. The molecule has 5 rings (SSSR count). The molecule has 270 valence electrons. The van der Waals surface area contributed by atoms with Gasteiger partial charge in [-0.25, -0.2) is 4.98 Å². The van der Waals surface area contributed by atoms with E-state index in [1.165, 1.54) is 18.0 Å². The lowest BCUT2D eigenvalue weighted by atomic mass is 10.0. The topological polar surface area (TPSA) is 159 Å². The number of carbonyl (C=O) groups excluding carboxylic acids is 1. The molecule has 1 fully saturated rings. The van der Waals surface area contributed by atoms with Crippen LogP contribution < -0.4 is 10.9 Å². The average molecular weight is 740 g/mol. The van der Waals surface area contributed by atoms with Crippen molar-refractivity contribution in [1.29, 1.82) is 0 Å². The number of benzene rings is 2. The van der Waals surface area contributed by atoms with E-state index in [-0.39, 0.29) is 41.1 Å². The third kappa shape index (κ3) is 8.58. The number of hydrogen-bond acceptors (Lipinski definition) is 10. The summed E-state index contributed by atoms with van der Waals surface area (Å²) < 4.78 is 35.1. The Hall–Kier alpha value is -3.33. The highest BCUT2D eigenvalue weighted by Crippen LogP contribution is 2.41. The number of aliphatic hydroxyl groups excluding tert-OH is 1. The fraction of sp³-hybridized carbons (Fsp3) is 0.471. The summed E-state index contributed by atoms with van der Waals surface area (Å²) in [5, 5.41) is 14.3. The lowest BCUT2D eigenvalue weighted by Crippen LogP contribution is -2.62. The van der Waals surface area contributed by atoms with Crippen LogP contribution in [0.2, 0.25) is 39.3 Å². The first-order chi connectivity index (χ1) is 23.5. The SMILES string of the molecule is COC1[C@@H](O)[C@@H](CO[Si](O[Si](C)(C)C)(O[Si](C)(C)C)C(c2ccccc2)c2ccccc2)O[C@H]1n1cnc2c(=O)[nH]c(NC(=O)C(C)C)nc21. The van der Waals surface area contributed by atoms with Gasteiger partial charge in [0.2, 0.25) is 11.9 Å². The van der Waals surface area contributed by atoms with Crippen LogP contribution in [-0.4, -0.2) is 88.0 Å². The number of carbonyl (C=O) groups is 1. The zero-order chi connectivity index (χ0) is 36.4. The van der Waals surface area contributed by atoms with E-state index < -0.39 is 55.5 Å². The number of fused-ring (bicyclic) bond motifs is 1. The number of H-pyrrole nitrogens is 1. The van der Waals surface area contributed by atoms with Crippen LogP contribution in [0, 0.1) is 5.92 Å². The van der Waals surface area contributed by atoms with Gasteiger partial charge in [-0.1, -0.05) is 74.5 Å². The van der Waals surface area contributed by atoms with Crippen molar-refractivity contribution in [2.45, 2.75) is 83.2 Å². The molecule has 4 aromatic rings. The Morgan fingerprint density at radius 2 is 1.54 bits per heavy atom. The normalized spacial score (nSPS) is 20.2. The Kier molecular flexibility index (Phi) is 11.5. The van der Waals surface area contributed by atoms with Crippen molar-refractivity contribution in [2.24, 2.45) is 5.92 Å². The molecule has 2 aromatic carbocycles. The maximum absolute atomic E-state index is 12.9. The molecule has 3 N–H and O–H groups in total. The molecule has 0 saturated carbocycles. The van der Waals surface area contributed by atoms with Crippen molar-refractivity contribution in [3.8, 4) is 0 Å². The van der Waals surface area contributed by atoms with Gasteiger partial charge in [-0.3, -0.25) is 24.5 Å². The highest BCUT2D eigenvalue weighted by atomic mass is 28.5. The number of anilines is 1. The molecule has 0 spiro atoms. The second kappa shape index (κ2) is 15.1. The van der Waals surface area contributed by atoms with Gasteiger partial charge in [0.25, 0.3) is 5.56 Å². The molecule has 50 heavy (non-hydrogen) atoms. The van der Waals surface area contributed by atoms with Crippen LogP contribution in [0.1, 0.15) is 36.7 Å². The molecule has 0 bridgehead atoms. The number of nitrogens with zero attached hydrogens (tertiary/aromatic N) is 3. The van der Waals surface area contributed by atoms with Gasteiger partial charge in [0, 0.05) is 13.0 Å². The van der Waals surface area contributed by atoms with Crippen molar-refractivity contribution in [3.05, 3.63) is 88.5 Å². The number of aliphatic hydroxyl groups is 1. The molecular weight excluding hydrogens is 691 g/mol. The molecule has 1 amide bonds.